The van der Waals surface area contributed by atoms with E-state index in [2.05, 4.69) is 75.1 Å². The van der Waals surface area contributed by atoms with Crippen molar-refractivity contribution >= 4 is 67.4 Å². The van der Waals surface area contributed by atoms with Gasteiger partial charge in [0.05, 0.1) is 70.0 Å². The zero-order valence-electron chi connectivity index (χ0n) is 42.7. The maximum Gasteiger partial charge on any atom is 0.228 e. The SMILES string of the molecule is CC1=C(c2n[nH]c3ccc(-c4cncc(NC(=O)CCCCc5ncc(-c6cccnc6)c6nc(-c7n[nH]c8ccc(-c9cncc(NC(=O)Cc%10ccccc%10)c9)cc78)[nH]c56)c4)cc23)Nc2cncc(-c3cccnc3)c2C1. The van der Waals surface area contributed by atoms with E-state index >= 15 is 0 Å². The van der Waals surface area contributed by atoms with Gasteiger partial charge in [-0.05, 0) is 109 Å². The van der Waals surface area contributed by atoms with Gasteiger partial charge in [0.1, 0.15) is 16.9 Å². The Kier molecular flexibility index (Phi) is 12.7. The van der Waals surface area contributed by atoms with Crippen LogP contribution >= 0.6 is 0 Å². The second-order valence-corrected chi connectivity index (χ2v) is 19.6. The molecule has 3 aromatic carbocycles. The number of fused-ring (bicyclic) bond motifs is 4. The number of allylic oxidation sites excluding steroid dienone is 1. The van der Waals surface area contributed by atoms with E-state index in [-0.39, 0.29) is 18.2 Å². The smallest absolute Gasteiger partial charge is 0.228 e. The fourth-order valence-electron chi connectivity index (χ4n) is 10.4. The first-order chi connectivity index (χ1) is 38.8. The van der Waals surface area contributed by atoms with Crippen LogP contribution in [0.2, 0.25) is 0 Å². The number of rotatable bonds is 15. The van der Waals surface area contributed by atoms with Gasteiger partial charge in [0.15, 0.2) is 5.82 Å². The Morgan fingerprint density at radius 3 is 1.92 bits per heavy atom. The van der Waals surface area contributed by atoms with E-state index in [1.165, 1.54) is 5.56 Å². The fraction of sp³-hybridized carbons (Fsp3) is 0.113. The van der Waals surface area contributed by atoms with Crippen molar-refractivity contribution in [1.29, 1.82) is 0 Å². The lowest BCUT2D eigenvalue weighted by Gasteiger charge is -2.24. The number of anilines is 3. The molecule has 13 rings (SSSR count). The highest BCUT2D eigenvalue weighted by atomic mass is 16.2. The van der Waals surface area contributed by atoms with E-state index in [1.807, 2.05) is 116 Å². The molecule has 0 atom stereocenters. The minimum Gasteiger partial charge on any atom is -0.352 e. The van der Waals surface area contributed by atoms with Crippen LogP contribution < -0.4 is 16.0 Å². The summed E-state index contributed by atoms with van der Waals surface area (Å²) in [4.78, 5) is 62.3. The summed E-state index contributed by atoms with van der Waals surface area (Å²) in [6, 6.07) is 33.6. The van der Waals surface area contributed by atoms with Gasteiger partial charge in [-0.15, -0.1) is 0 Å². The summed E-state index contributed by atoms with van der Waals surface area (Å²) in [7, 11) is 0. The zero-order chi connectivity index (χ0) is 53.2. The van der Waals surface area contributed by atoms with Crippen LogP contribution in [-0.2, 0) is 28.9 Å². The highest BCUT2D eigenvalue weighted by Gasteiger charge is 2.24. The average molecular weight is 1040 g/mol. The highest BCUT2D eigenvalue weighted by Crippen LogP contribution is 2.40. The lowest BCUT2D eigenvalue weighted by Crippen LogP contribution is -2.14. The Morgan fingerprint density at radius 2 is 1.23 bits per heavy atom. The fourth-order valence-corrected chi connectivity index (χ4v) is 10.4. The number of carbonyl (C=O) groups excluding carboxylic acids is 2. The minimum absolute atomic E-state index is 0.104. The summed E-state index contributed by atoms with van der Waals surface area (Å²) >= 11 is 0. The lowest BCUT2D eigenvalue weighted by atomic mass is 9.92. The van der Waals surface area contributed by atoms with Gasteiger partial charge < -0.3 is 20.9 Å². The van der Waals surface area contributed by atoms with Crippen LogP contribution in [0.4, 0.5) is 17.1 Å². The molecular formula is C62H49N15O2. The average Bonchev–Trinajstić information content (AvgIpc) is 4.35. The standard InChI is InChI=1S/C62H49N15O2/c1-36-21-46-49(40-11-7-19-63-27-40)33-67-35-54(46)71-57(36)59-47-25-38(15-17-51(47)74-76-59)42-23-44(31-65-29-42)69-55(78)14-6-5-13-53-61-58(50(34-68-53)41-12-8-20-64-28-41)72-62(73-61)60-48-26-39(16-18-52(48)75-77-60)43-24-45(32-66-30-43)70-56(79)22-37-9-3-2-4-10-37/h2-4,7-12,15-20,23-35,71H,5-6,13-14,21-22H2,1H3,(H,69,78)(H,70,79)(H,72,73)(H,74,76)(H,75,77). The number of unbranched alkanes of at least 4 members (excludes halogenated alkanes) is 1. The minimum atomic E-state index is -0.122. The summed E-state index contributed by atoms with van der Waals surface area (Å²) in [6.45, 7) is 2.13. The molecule has 0 spiro atoms. The van der Waals surface area contributed by atoms with Crippen LogP contribution in [0.25, 0.3) is 94.6 Å². The first-order valence-electron chi connectivity index (χ1n) is 26.0. The maximum atomic E-state index is 13.5. The first kappa shape index (κ1) is 48.1. The molecule has 9 aromatic heterocycles. The van der Waals surface area contributed by atoms with Gasteiger partial charge in [0.25, 0.3) is 0 Å². The van der Waals surface area contributed by atoms with Gasteiger partial charge in [-0.1, -0.05) is 54.6 Å². The van der Waals surface area contributed by atoms with Crippen molar-refractivity contribution < 1.29 is 9.59 Å². The molecule has 1 aliphatic rings. The molecule has 0 unspecified atom stereocenters. The van der Waals surface area contributed by atoms with Gasteiger partial charge in [-0.3, -0.25) is 49.7 Å². The topological polar surface area (TPSA) is 234 Å². The van der Waals surface area contributed by atoms with E-state index in [1.54, 1.807) is 43.4 Å². The molecule has 384 valence electrons. The van der Waals surface area contributed by atoms with Crippen molar-refractivity contribution in [2.45, 2.75) is 45.4 Å². The molecule has 79 heavy (non-hydrogen) atoms. The molecule has 17 heteroatoms. The van der Waals surface area contributed by atoms with Crippen LogP contribution in [-0.4, -0.2) is 72.1 Å². The molecular weight excluding hydrogens is 987 g/mol. The maximum absolute atomic E-state index is 13.5. The molecule has 6 N–H and O–H groups in total. The van der Waals surface area contributed by atoms with Gasteiger partial charge in [-0.25, -0.2) is 4.98 Å². The van der Waals surface area contributed by atoms with Crippen LogP contribution in [0.3, 0.4) is 0 Å². The van der Waals surface area contributed by atoms with E-state index < -0.39 is 0 Å². The normalized spacial score (nSPS) is 12.2. The number of amides is 2. The lowest BCUT2D eigenvalue weighted by molar-refractivity contribution is -0.116. The summed E-state index contributed by atoms with van der Waals surface area (Å²) in [5, 5.41) is 27.5. The van der Waals surface area contributed by atoms with Crippen LogP contribution in [0.1, 0.15) is 48.7 Å². The van der Waals surface area contributed by atoms with Crippen LogP contribution in [0, 0.1) is 0 Å². The highest BCUT2D eigenvalue weighted by molar-refractivity contribution is 6.01. The van der Waals surface area contributed by atoms with E-state index in [0.29, 0.717) is 48.6 Å². The Bertz CT molecular complexity index is 4300. The number of carbonyl (C=O) groups is 2. The van der Waals surface area contributed by atoms with Gasteiger partial charge in [-0.2, -0.15) is 10.2 Å². The second kappa shape index (κ2) is 20.9. The van der Waals surface area contributed by atoms with Crippen molar-refractivity contribution in [3.63, 3.8) is 0 Å². The number of H-pyrrole nitrogens is 3. The molecule has 0 radical (unpaired) electrons. The summed E-state index contributed by atoms with van der Waals surface area (Å²) in [6.07, 6.45) is 22.9. The van der Waals surface area contributed by atoms with E-state index in [9.17, 15) is 9.59 Å². The molecule has 0 aliphatic carbocycles. The molecule has 17 nitrogen and oxygen atoms in total. The molecule has 0 fully saturated rings. The number of imidazole rings is 1. The monoisotopic (exact) mass is 1040 g/mol. The quantitative estimate of drug-likeness (QED) is 0.0526. The van der Waals surface area contributed by atoms with Crippen LogP contribution in [0.5, 0.6) is 0 Å². The molecule has 0 saturated heterocycles. The van der Waals surface area contributed by atoms with Crippen molar-refractivity contribution in [3.8, 4) is 56.0 Å². The Morgan fingerprint density at radius 1 is 0.582 bits per heavy atom. The summed E-state index contributed by atoms with van der Waals surface area (Å²) < 4.78 is 0. The number of aromatic nitrogens is 12. The molecule has 2 amide bonds. The molecule has 0 saturated carbocycles. The molecule has 12 aromatic rings. The number of benzene rings is 3. The number of nitrogens with zero attached hydrogens (tertiary/aromatic N) is 9. The summed E-state index contributed by atoms with van der Waals surface area (Å²) in [5.74, 6) is 0.350. The Hall–Kier alpha value is -10.6. The van der Waals surface area contributed by atoms with Crippen LogP contribution in [0.15, 0.2) is 177 Å². The number of nitrogens with one attached hydrogen (secondary N) is 6. The van der Waals surface area contributed by atoms with Crippen molar-refractivity contribution in [1.82, 2.24) is 60.3 Å². The number of pyridine rings is 6. The van der Waals surface area contributed by atoms with Crippen molar-refractivity contribution in [3.05, 3.63) is 199 Å². The Balaban J connectivity index is 0.692. The first-order valence-corrected chi connectivity index (χ1v) is 26.0. The van der Waals surface area contributed by atoms with E-state index in [4.69, 9.17) is 20.2 Å². The van der Waals surface area contributed by atoms with Gasteiger partial charge in [0, 0.05) is 100 Å². The number of aromatic amines is 3. The zero-order valence-corrected chi connectivity index (χ0v) is 42.7. The summed E-state index contributed by atoms with van der Waals surface area (Å²) in [5.41, 5.74) is 19.2. The third kappa shape index (κ3) is 9.83. The van der Waals surface area contributed by atoms with Gasteiger partial charge in [0.2, 0.25) is 11.8 Å². The number of hydrogen-bond acceptors (Lipinski definition) is 12. The predicted molar refractivity (Wildman–Crippen MR) is 307 cm³/mol. The molecule has 10 heterocycles. The molecule has 1 aliphatic heterocycles. The van der Waals surface area contributed by atoms with Crippen molar-refractivity contribution in [2.75, 3.05) is 16.0 Å². The second-order valence-electron chi connectivity index (χ2n) is 19.6. The van der Waals surface area contributed by atoms with Crippen molar-refractivity contribution in [2.24, 2.45) is 0 Å². The number of hydrogen-bond donors (Lipinski definition) is 6. The van der Waals surface area contributed by atoms with Gasteiger partial charge >= 0.3 is 0 Å². The Labute approximate surface area is 452 Å². The number of aryl methyl sites for hydroxylation is 1. The largest absolute Gasteiger partial charge is 0.352 e. The third-order valence-corrected chi connectivity index (χ3v) is 14.3. The third-order valence-electron chi connectivity index (χ3n) is 14.3. The van der Waals surface area contributed by atoms with E-state index in [0.717, 1.165) is 118 Å². The predicted octanol–water partition coefficient (Wildman–Crippen LogP) is 12.0. The molecule has 0 bridgehead atoms.